The van der Waals surface area contributed by atoms with Crippen LogP contribution in [0.3, 0.4) is 0 Å². The maximum absolute atomic E-state index is 13.6. The standard InChI is InChI=1S/C17H24FNO2S/c1-13(17(20)19-11-14-7-3-2-4-8-14)22(21)12-15-9-5-6-10-16(15)18/h5-6,9-10,13-14H,2-4,7-8,11-12H2,1H3,(H,19,20)/t13-,22+/m0/s1. The summed E-state index contributed by atoms with van der Waals surface area (Å²) in [6, 6.07) is 6.27. The molecule has 122 valence electrons. The van der Waals surface area contributed by atoms with Crippen LogP contribution in [0.4, 0.5) is 4.39 Å². The van der Waals surface area contributed by atoms with Crippen LogP contribution in [-0.2, 0) is 21.3 Å². The van der Waals surface area contributed by atoms with Crippen molar-refractivity contribution in [2.45, 2.75) is 50.0 Å². The van der Waals surface area contributed by atoms with Gasteiger partial charge >= 0.3 is 0 Å². The summed E-state index contributed by atoms with van der Waals surface area (Å²) in [6.07, 6.45) is 6.07. The van der Waals surface area contributed by atoms with Gasteiger partial charge in [-0.1, -0.05) is 37.5 Å². The highest BCUT2D eigenvalue weighted by Gasteiger charge is 2.22. The number of hydrogen-bond donors (Lipinski definition) is 1. The Morgan fingerprint density at radius 3 is 2.68 bits per heavy atom. The van der Waals surface area contributed by atoms with Crippen LogP contribution < -0.4 is 5.32 Å². The molecule has 1 aliphatic carbocycles. The van der Waals surface area contributed by atoms with Crippen LogP contribution in [0, 0.1) is 11.7 Å². The first-order valence-corrected chi connectivity index (χ1v) is 9.34. The summed E-state index contributed by atoms with van der Waals surface area (Å²) in [4.78, 5) is 12.1. The van der Waals surface area contributed by atoms with Gasteiger partial charge in [0.15, 0.2) is 0 Å². The van der Waals surface area contributed by atoms with Crippen LogP contribution in [0.5, 0.6) is 0 Å². The van der Waals surface area contributed by atoms with Crippen molar-refractivity contribution in [1.82, 2.24) is 5.32 Å². The maximum Gasteiger partial charge on any atom is 0.235 e. The Hall–Kier alpha value is -1.23. The van der Waals surface area contributed by atoms with Crippen molar-refractivity contribution >= 4 is 16.7 Å². The average Bonchev–Trinajstić information content (AvgIpc) is 2.55. The van der Waals surface area contributed by atoms with Gasteiger partial charge in [0.25, 0.3) is 0 Å². The van der Waals surface area contributed by atoms with Crippen molar-refractivity contribution in [2.75, 3.05) is 6.54 Å². The molecule has 1 fully saturated rings. The first-order valence-electron chi connectivity index (χ1n) is 7.96. The van der Waals surface area contributed by atoms with E-state index in [2.05, 4.69) is 5.32 Å². The number of carbonyl (C=O) groups is 1. The number of hydrogen-bond acceptors (Lipinski definition) is 2. The minimum absolute atomic E-state index is 0.0741. The SMILES string of the molecule is C[C@@H](C(=O)NCC1CCCCC1)[S@](=O)Cc1ccccc1F. The third kappa shape index (κ3) is 4.90. The molecule has 1 N–H and O–H groups in total. The van der Waals surface area contributed by atoms with Crippen LogP contribution in [-0.4, -0.2) is 21.9 Å². The van der Waals surface area contributed by atoms with Gasteiger partial charge in [-0.25, -0.2) is 4.39 Å². The van der Waals surface area contributed by atoms with Crippen LogP contribution in [0.25, 0.3) is 0 Å². The van der Waals surface area contributed by atoms with E-state index < -0.39 is 16.0 Å². The van der Waals surface area contributed by atoms with E-state index in [1.165, 1.54) is 25.3 Å². The van der Waals surface area contributed by atoms with Crippen molar-refractivity contribution in [2.24, 2.45) is 5.92 Å². The third-order valence-electron chi connectivity index (χ3n) is 4.31. The van der Waals surface area contributed by atoms with Gasteiger partial charge in [-0.3, -0.25) is 9.00 Å². The lowest BCUT2D eigenvalue weighted by Gasteiger charge is -2.22. The van der Waals surface area contributed by atoms with Crippen molar-refractivity contribution in [1.29, 1.82) is 0 Å². The molecule has 5 heteroatoms. The van der Waals surface area contributed by atoms with E-state index >= 15 is 0 Å². The Morgan fingerprint density at radius 2 is 2.00 bits per heavy atom. The molecule has 1 aliphatic rings. The molecule has 2 atom stereocenters. The van der Waals surface area contributed by atoms with E-state index in [0.29, 0.717) is 18.0 Å². The predicted octanol–water partition coefficient (Wildman–Crippen LogP) is 3.16. The number of amides is 1. The normalized spacial score (nSPS) is 18.6. The minimum atomic E-state index is -1.41. The molecule has 0 bridgehead atoms. The summed E-state index contributed by atoms with van der Waals surface area (Å²) >= 11 is 0. The fourth-order valence-electron chi connectivity index (χ4n) is 2.79. The monoisotopic (exact) mass is 325 g/mol. The molecular formula is C17H24FNO2S. The summed E-state index contributed by atoms with van der Waals surface area (Å²) in [5, 5.41) is 2.29. The van der Waals surface area contributed by atoms with E-state index in [1.807, 2.05) is 0 Å². The van der Waals surface area contributed by atoms with Gasteiger partial charge in [0.05, 0.1) is 5.75 Å². The second-order valence-electron chi connectivity index (χ2n) is 6.01. The summed E-state index contributed by atoms with van der Waals surface area (Å²) < 4.78 is 25.8. The van der Waals surface area contributed by atoms with Crippen LogP contribution in [0.15, 0.2) is 24.3 Å². The summed E-state index contributed by atoms with van der Waals surface area (Å²) in [5.41, 5.74) is 0.396. The van der Waals surface area contributed by atoms with Gasteiger partial charge in [0.1, 0.15) is 11.1 Å². The molecule has 0 aliphatic heterocycles. The Balaban J connectivity index is 1.81. The second kappa shape index (κ2) is 8.42. The molecule has 1 aromatic rings. The molecule has 1 saturated carbocycles. The van der Waals surface area contributed by atoms with Crippen LogP contribution >= 0.6 is 0 Å². The van der Waals surface area contributed by atoms with E-state index in [9.17, 15) is 13.4 Å². The number of benzene rings is 1. The fraction of sp³-hybridized carbons (Fsp3) is 0.588. The highest BCUT2D eigenvalue weighted by Crippen LogP contribution is 2.22. The van der Waals surface area contributed by atoms with Crippen LogP contribution in [0.1, 0.15) is 44.6 Å². The lowest BCUT2D eigenvalue weighted by atomic mass is 9.89. The van der Waals surface area contributed by atoms with Gasteiger partial charge in [-0.2, -0.15) is 0 Å². The summed E-state index contributed by atoms with van der Waals surface area (Å²) in [5.74, 6) is 0.0563. The zero-order chi connectivity index (χ0) is 15.9. The molecule has 0 aromatic heterocycles. The molecule has 3 nitrogen and oxygen atoms in total. The quantitative estimate of drug-likeness (QED) is 0.873. The van der Waals surface area contributed by atoms with Crippen LogP contribution in [0.2, 0.25) is 0 Å². The van der Waals surface area contributed by atoms with Gasteiger partial charge in [0.2, 0.25) is 5.91 Å². The van der Waals surface area contributed by atoms with Crippen molar-refractivity contribution < 1.29 is 13.4 Å². The highest BCUT2D eigenvalue weighted by atomic mass is 32.2. The Kier molecular flexibility index (Phi) is 6.55. The average molecular weight is 325 g/mol. The molecule has 22 heavy (non-hydrogen) atoms. The first kappa shape index (κ1) is 17.1. The van der Waals surface area contributed by atoms with E-state index in [0.717, 1.165) is 12.8 Å². The Morgan fingerprint density at radius 1 is 1.32 bits per heavy atom. The number of rotatable bonds is 6. The molecular weight excluding hydrogens is 301 g/mol. The summed E-state index contributed by atoms with van der Waals surface area (Å²) in [6.45, 7) is 2.31. The van der Waals surface area contributed by atoms with Crippen molar-refractivity contribution in [3.8, 4) is 0 Å². The smallest absolute Gasteiger partial charge is 0.235 e. The maximum atomic E-state index is 13.6. The molecule has 1 aromatic carbocycles. The van der Waals surface area contributed by atoms with Gasteiger partial charge < -0.3 is 5.32 Å². The Bertz CT molecular complexity index is 529. The fourth-order valence-corrected chi connectivity index (χ4v) is 3.91. The molecule has 0 heterocycles. The minimum Gasteiger partial charge on any atom is -0.355 e. The third-order valence-corrected chi connectivity index (χ3v) is 5.91. The molecule has 1 amide bonds. The molecule has 2 rings (SSSR count). The van der Waals surface area contributed by atoms with Crippen molar-refractivity contribution in [3.05, 3.63) is 35.6 Å². The molecule has 0 unspecified atom stereocenters. The van der Waals surface area contributed by atoms with Gasteiger partial charge in [0, 0.05) is 22.9 Å². The van der Waals surface area contributed by atoms with Gasteiger partial charge in [-0.15, -0.1) is 0 Å². The van der Waals surface area contributed by atoms with E-state index in [-0.39, 0.29) is 17.5 Å². The lowest BCUT2D eigenvalue weighted by molar-refractivity contribution is -0.120. The Labute approximate surface area is 134 Å². The highest BCUT2D eigenvalue weighted by molar-refractivity contribution is 7.85. The topological polar surface area (TPSA) is 46.2 Å². The largest absolute Gasteiger partial charge is 0.355 e. The zero-order valence-electron chi connectivity index (χ0n) is 13.0. The number of nitrogens with one attached hydrogen (secondary N) is 1. The predicted molar refractivity (Wildman–Crippen MR) is 87.3 cm³/mol. The molecule has 0 radical (unpaired) electrons. The number of halogens is 1. The lowest BCUT2D eigenvalue weighted by Crippen LogP contribution is -2.38. The zero-order valence-corrected chi connectivity index (χ0v) is 13.8. The molecule has 0 spiro atoms. The summed E-state index contributed by atoms with van der Waals surface area (Å²) in [7, 11) is -1.41. The first-order chi connectivity index (χ1) is 10.6. The van der Waals surface area contributed by atoms with E-state index in [1.54, 1.807) is 25.1 Å². The molecule has 0 saturated heterocycles. The van der Waals surface area contributed by atoms with Gasteiger partial charge in [-0.05, 0) is 31.7 Å². The second-order valence-corrected chi connectivity index (χ2v) is 7.77. The van der Waals surface area contributed by atoms with E-state index in [4.69, 9.17) is 0 Å². The number of carbonyl (C=O) groups excluding carboxylic acids is 1. The van der Waals surface area contributed by atoms with Crippen molar-refractivity contribution in [3.63, 3.8) is 0 Å².